The molecule has 2 fully saturated rings. The van der Waals surface area contributed by atoms with E-state index >= 15 is 0 Å². The first-order chi connectivity index (χ1) is 9.60. The lowest BCUT2D eigenvalue weighted by atomic mass is 9.96. The van der Waals surface area contributed by atoms with Crippen molar-refractivity contribution < 1.29 is 4.52 Å². The first-order valence-electron chi connectivity index (χ1n) is 6.98. The van der Waals surface area contributed by atoms with Crippen LogP contribution in [-0.2, 0) is 17.4 Å². The Morgan fingerprint density at radius 3 is 2.70 bits per heavy atom. The van der Waals surface area contributed by atoms with Gasteiger partial charge in [0.2, 0.25) is 5.89 Å². The minimum absolute atomic E-state index is 0.00117. The Balaban J connectivity index is 1.59. The molecular weight excluding hydrogens is 274 g/mol. The molecule has 1 aromatic carbocycles. The third-order valence-electron chi connectivity index (χ3n) is 4.40. The number of nitrogens with zero attached hydrogens (tertiary/aromatic N) is 2. The number of aromatic nitrogens is 2. The molecule has 1 heterocycles. The fraction of sp³-hybridized carbons (Fsp3) is 0.467. The van der Waals surface area contributed by atoms with Crippen LogP contribution in [0.4, 0.5) is 0 Å². The number of rotatable bonds is 4. The summed E-state index contributed by atoms with van der Waals surface area (Å²) in [5, 5.41) is 4.85. The predicted octanol–water partition coefficient (Wildman–Crippen LogP) is 2.95. The fourth-order valence-corrected chi connectivity index (χ4v) is 2.87. The van der Waals surface area contributed by atoms with Crippen molar-refractivity contribution in [2.24, 2.45) is 5.73 Å². The SMILES string of the molecule is NC1(c2noc(C3(Cc4cccc(Cl)c4)CC3)n2)CC1. The topological polar surface area (TPSA) is 64.9 Å². The molecule has 0 aliphatic heterocycles. The minimum atomic E-state index is -0.326. The summed E-state index contributed by atoms with van der Waals surface area (Å²) < 4.78 is 5.49. The van der Waals surface area contributed by atoms with Gasteiger partial charge in [-0.05, 0) is 49.8 Å². The molecule has 2 N–H and O–H groups in total. The first-order valence-corrected chi connectivity index (χ1v) is 7.36. The van der Waals surface area contributed by atoms with Crippen LogP contribution in [0.15, 0.2) is 28.8 Å². The van der Waals surface area contributed by atoms with E-state index in [4.69, 9.17) is 21.9 Å². The van der Waals surface area contributed by atoms with Crippen molar-refractivity contribution in [3.05, 3.63) is 46.6 Å². The summed E-state index contributed by atoms with van der Waals surface area (Å²) in [5.74, 6) is 1.41. The summed E-state index contributed by atoms with van der Waals surface area (Å²) in [4.78, 5) is 4.56. The lowest BCUT2D eigenvalue weighted by Crippen LogP contribution is -2.21. The zero-order valence-corrected chi connectivity index (χ0v) is 11.9. The second kappa shape index (κ2) is 4.06. The van der Waals surface area contributed by atoms with Gasteiger partial charge < -0.3 is 10.3 Å². The molecule has 0 saturated heterocycles. The molecule has 0 radical (unpaired) electrons. The molecule has 2 aliphatic rings. The summed E-state index contributed by atoms with van der Waals surface area (Å²) in [6.45, 7) is 0. The highest BCUT2D eigenvalue weighted by Gasteiger charge is 2.51. The van der Waals surface area contributed by atoms with Crippen LogP contribution < -0.4 is 5.73 Å². The van der Waals surface area contributed by atoms with E-state index in [2.05, 4.69) is 16.2 Å². The molecule has 0 spiro atoms. The van der Waals surface area contributed by atoms with E-state index in [1.165, 1.54) is 5.56 Å². The highest BCUT2D eigenvalue weighted by atomic mass is 35.5. The number of halogens is 1. The highest BCUT2D eigenvalue weighted by Crippen LogP contribution is 2.51. The molecule has 0 amide bonds. The molecule has 1 aromatic heterocycles. The van der Waals surface area contributed by atoms with Gasteiger partial charge >= 0.3 is 0 Å². The van der Waals surface area contributed by atoms with Crippen LogP contribution in [-0.4, -0.2) is 10.1 Å². The van der Waals surface area contributed by atoms with Gasteiger partial charge in [-0.25, -0.2) is 0 Å². The van der Waals surface area contributed by atoms with Crippen LogP contribution in [0.3, 0.4) is 0 Å². The average molecular weight is 290 g/mol. The number of hydrogen-bond acceptors (Lipinski definition) is 4. The van der Waals surface area contributed by atoms with Crippen LogP contribution in [0, 0.1) is 0 Å². The predicted molar refractivity (Wildman–Crippen MR) is 75.5 cm³/mol. The monoisotopic (exact) mass is 289 g/mol. The van der Waals surface area contributed by atoms with E-state index in [9.17, 15) is 0 Å². The lowest BCUT2D eigenvalue weighted by molar-refractivity contribution is 0.337. The molecule has 20 heavy (non-hydrogen) atoms. The maximum atomic E-state index is 6.11. The van der Waals surface area contributed by atoms with Crippen LogP contribution >= 0.6 is 11.6 Å². The van der Waals surface area contributed by atoms with Gasteiger partial charge in [-0.15, -0.1) is 0 Å². The van der Waals surface area contributed by atoms with Gasteiger partial charge in [-0.1, -0.05) is 28.9 Å². The molecule has 0 atom stereocenters. The number of hydrogen-bond donors (Lipinski definition) is 1. The number of benzene rings is 1. The smallest absolute Gasteiger partial charge is 0.233 e. The van der Waals surface area contributed by atoms with E-state index in [0.717, 1.165) is 43.0 Å². The van der Waals surface area contributed by atoms with E-state index in [1.54, 1.807) is 0 Å². The molecule has 0 bridgehead atoms. The van der Waals surface area contributed by atoms with Gasteiger partial charge in [0, 0.05) is 5.02 Å². The van der Waals surface area contributed by atoms with E-state index in [-0.39, 0.29) is 11.0 Å². The van der Waals surface area contributed by atoms with Crippen molar-refractivity contribution in [3.8, 4) is 0 Å². The summed E-state index contributed by atoms with van der Waals surface area (Å²) in [7, 11) is 0. The summed E-state index contributed by atoms with van der Waals surface area (Å²) in [6, 6.07) is 7.96. The van der Waals surface area contributed by atoms with Crippen LogP contribution in [0.1, 0.15) is 43.0 Å². The molecule has 4 nitrogen and oxygen atoms in total. The summed E-state index contributed by atoms with van der Waals surface area (Å²) in [5.41, 5.74) is 7.00. The van der Waals surface area contributed by atoms with E-state index < -0.39 is 0 Å². The van der Waals surface area contributed by atoms with Crippen molar-refractivity contribution >= 4 is 11.6 Å². The summed E-state index contributed by atoms with van der Waals surface area (Å²) >= 11 is 6.04. The van der Waals surface area contributed by atoms with Gasteiger partial charge in [0.25, 0.3) is 0 Å². The second-order valence-corrected chi connectivity index (χ2v) is 6.60. The molecule has 5 heteroatoms. The third-order valence-corrected chi connectivity index (χ3v) is 4.63. The Labute approximate surface area is 122 Å². The average Bonchev–Trinajstić information content (AvgIpc) is 3.31. The molecule has 2 saturated carbocycles. The zero-order chi connectivity index (χ0) is 13.8. The molecule has 104 valence electrons. The minimum Gasteiger partial charge on any atom is -0.339 e. The van der Waals surface area contributed by atoms with Crippen LogP contribution in [0.2, 0.25) is 5.02 Å². The third kappa shape index (κ3) is 2.03. The molecular formula is C15H16ClN3O. The largest absolute Gasteiger partial charge is 0.339 e. The molecule has 0 unspecified atom stereocenters. The highest BCUT2D eigenvalue weighted by molar-refractivity contribution is 6.30. The van der Waals surface area contributed by atoms with Crippen molar-refractivity contribution in [3.63, 3.8) is 0 Å². The van der Waals surface area contributed by atoms with Gasteiger partial charge in [-0.3, -0.25) is 0 Å². The Kier molecular flexibility index (Phi) is 2.51. The maximum absolute atomic E-state index is 6.11. The normalized spacial score (nSPS) is 21.7. The van der Waals surface area contributed by atoms with Gasteiger partial charge in [-0.2, -0.15) is 4.98 Å². The van der Waals surface area contributed by atoms with Gasteiger partial charge in [0.1, 0.15) is 0 Å². The molecule has 4 rings (SSSR count). The fourth-order valence-electron chi connectivity index (χ4n) is 2.65. The zero-order valence-electron chi connectivity index (χ0n) is 11.1. The Hall–Kier alpha value is -1.39. The van der Waals surface area contributed by atoms with E-state index in [1.807, 2.05) is 18.2 Å². The molecule has 2 aliphatic carbocycles. The van der Waals surface area contributed by atoms with Crippen molar-refractivity contribution in [2.75, 3.05) is 0 Å². The molecule has 2 aromatic rings. The van der Waals surface area contributed by atoms with Crippen molar-refractivity contribution in [1.82, 2.24) is 10.1 Å². The second-order valence-electron chi connectivity index (χ2n) is 6.17. The van der Waals surface area contributed by atoms with Crippen molar-refractivity contribution in [1.29, 1.82) is 0 Å². The van der Waals surface area contributed by atoms with Crippen LogP contribution in [0.5, 0.6) is 0 Å². The van der Waals surface area contributed by atoms with E-state index in [0.29, 0.717) is 5.82 Å². The Bertz CT molecular complexity index is 659. The van der Waals surface area contributed by atoms with Gasteiger partial charge in [0.15, 0.2) is 5.82 Å². The standard InChI is InChI=1S/C15H16ClN3O/c16-11-3-1-2-10(8-11)9-14(4-5-14)13-18-12(19-20-13)15(17)6-7-15/h1-3,8H,4-7,9,17H2. The quantitative estimate of drug-likeness (QED) is 0.940. The first kappa shape index (κ1) is 12.4. The Morgan fingerprint density at radius 1 is 1.25 bits per heavy atom. The Morgan fingerprint density at radius 2 is 2.05 bits per heavy atom. The van der Waals surface area contributed by atoms with Gasteiger partial charge in [0.05, 0.1) is 11.0 Å². The maximum Gasteiger partial charge on any atom is 0.233 e. The lowest BCUT2D eigenvalue weighted by Gasteiger charge is -2.10. The van der Waals surface area contributed by atoms with Crippen LogP contribution in [0.25, 0.3) is 0 Å². The van der Waals surface area contributed by atoms with Crippen molar-refractivity contribution in [2.45, 2.75) is 43.1 Å². The number of nitrogens with two attached hydrogens (primary N) is 1. The summed E-state index contributed by atoms with van der Waals surface area (Å²) in [6.07, 6.45) is 4.96.